The van der Waals surface area contributed by atoms with Crippen LogP contribution in [0.25, 0.3) is 11.0 Å². The van der Waals surface area contributed by atoms with Crippen molar-refractivity contribution in [3.8, 4) is 0 Å². The Balaban J connectivity index is 1.67. The smallest absolute Gasteiger partial charge is 0.264 e. The largest absolute Gasteiger partial charge is 0.398 e. The van der Waals surface area contributed by atoms with Crippen molar-refractivity contribution in [1.82, 2.24) is 19.3 Å². The lowest BCUT2D eigenvalue weighted by atomic mass is 10.00. The molecule has 0 saturated carbocycles. The highest BCUT2D eigenvalue weighted by atomic mass is 16.2. The molecule has 0 saturated heterocycles. The van der Waals surface area contributed by atoms with Gasteiger partial charge in [0.2, 0.25) is 5.91 Å². The van der Waals surface area contributed by atoms with Gasteiger partial charge in [-0.25, -0.2) is 4.98 Å². The number of carbonyl (C=O) groups excluding carboxylic acids is 1. The number of amides is 1. The van der Waals surface area contributed by atoms with Crippen LogP contribution in [0.3, 0.4) is 0 Å². The molecule has 0 aliphatic carbocycles. The number of nitrogen functional groups attached to an aromatic ring is 1. The lowest BCUT2D eigenvalue weighted by Crippen LogP contribution is -2.39. The molecule has 25 heavy (non-hydrogen) atoms. The molecule has 3 aromatic rings. The zero-order valence-corrected chi connectivity index (χ0v) is 13.8. The minimum Gasteiger partial charge on any atom is -0.398 e. The summed E-state index contributed by atoms with van der Waals surface area (Å²) >= 11 is 0. The highest BCUT2D eigenvalue weighted by Gasteiger charge is 2.24. The maximum atomic E-state index is 12.8. The summed E-state index contributed by atoms with van der Waals surface area (Å²) in [5.74, 6) is -0.154. The second-order valence-corrected chi connectivity index (χ2v) is 6.18. The van der Waals surface area contributed by atoms with Crippen LogP contribution in [0, 0.1) is 0 Å². The first-order valence-electron chi connectivity index (χ1n) is 8.11. The lowest BCUT2D eigenvalue weighted by Gasteiger charge is -2.30. The molecule has 2 N–H and O–H groups in total. The molecule has 0 spiro atoms. The van der Waals surface area contributed by atoms with E-state index in [1.54, 1.807) is 11.9 Å². The van der Waals surface area contributed by atoms with Crippen molar-refractivity contribution in [2.75, 3.05) is 17.2 Å². The predicted molar refractivity (Wildman–Crippen MR) is 94.3 cm³/mol. The van der Waals surface area contributed by atoms with Gasteiger partial charge in [-0.1, -0.05) is 6.07 Å². The van der Waals surface area contributed by atoms with Crippen molar-refractivity contribution in [3.63, 3.8) is 0 Å². The molecule has 4 rings (SSSR count). The number of hydrogen-bond acceptors (Lipinski definition) is 5. The molecule has 2 aromatic heterocycles. The number of nitrogens with zero attached hydrogens (tertiary/aromatic N) is 5. The van der Waals surface area contributed by atoms with Crippen molar-refractivity contribution < 1.29 is 4.79 Å². The fourth-order valence-corrected chi connectivity index (χ4v) is 3.32. The number of carbonyl (C=O) groups is 1. The predicted octanol–water partition coefficient (Wildman–Crippen LogP) is 0.692. The molecule has 0 radical (unpaired) electrons. The quantitative estimate of drug-likeness (QED) is 0.693. The SMILES string of the molecule is Cn1ncc2c(=O)n(CC(=O)N3CCCc4c(N)cccc43)cnc21. The Morgan fingerprint density at radius 2 is 2.20 bits per heavy atom. The van der Waals surface area contributed by atoms with Crippen molar-refractivity contribution >= 4 is 28.3 Å². The molecule has 3 heterocycles. The Morgan fingerprint density at radius 1 is 1.36 bits per heavy atom. The molecule has 0 bridgehead atoms. The molecule has 0 unspecified atom stereocenters. The van der Waals surface area contributed by atoms with E-state index in [1.807, 2.05) is 18.2 Å². The van der Waals surface area contributed by atoms with Gasteiger partial charge in [0.15, 0.2) is 5.65 Å². The molecule has 8 heteroatoms. The molecule has 128 valence electrons. The molecule has 1 aliphatic heterocycles. The van der Waals surface area contributed by atoms with Gasteiger partial charge in [0.05, 0.1) is 6.20 Å². The van der Waals surface area contributed by atoms with Gasteiger partial charge in [-0.3, -0.25) is 18.8 Å². The topological polar surface area (TPSA) is 99.0 Å². The summed E-state index contributed by atoms with van der Waals surface area (Å²) < 4.78 is 2.86. The van der Waals surface area contributed by atoms with Crippen LogP contribution in [-0.2, 0) is 24.8 Å². The average molecular weight is 338 g/mol. The number of rotatable bonds is 2. The zero-order valence-electron chi connectivity index (χ0n) is 13.8. The van der Waals surface area contributed by atoms with Crippen LogP contribution < -0.4 is 16.2 Å². The number of aryl methyl sites for hydroxylation is 1. The standard InChI is InChI=1S/C17H18N6O2/c1-21-16-12(8-20-21)17(25)22(10-19-16)9-15(24)23-7-3-4-11-13(18)5-2-6-14(11)23/h2,5-6,8,10H,3-4,7,9,18H2,1H3. The number of hydrogen-bond donors (Lipinski definition) is 1. The summed E-state index contributed by atoms with van der Waals surface area (Å²) in [6.45, 7) is 0.553. The number of fused-ring (bicyclic) bond motifs is 2. The summed E-state index contributed by atoms with van der Waals surface area (Å²) in [5, 5.41) is 4.44. The van der Waals surface area contributed by atoms with Crippen LogP contribution in [0.5, 0.6) is 0 Å². The first kappa shape index (κ1) is 15.4. The van der Waals surface area contributed by atoms with Gasteiger partial charge < -0.3 is 10.6 Å². The van der Waals surface area contributed by atoms with Crippen LogP contribution in [0.15, 0.2) is 35.5 Å². The van der Waals surface area contributed by atoms with E-state index >= 15 is 0 Å². The van der Waals surface area contributed by atoms with E-state index in [9.17, 15) is 9.59 Å². The van der Waals surface area contributed by atoms with Gasteiger partial charge >= 0.3 is 0 Å². The minimum absolute atomic E-state index is 0.0646. The molecule has 0 fully saturated rings. The van der Waals surface area contributed by atoms with E-state index in [-0.39, 0.29) is 18.0 Å². The van der Waals surface area contributed by atoms with E-state index in [0.717, 1.165) is 24.1 Å². The molecule has 0 atom stereocenters. The number of aromatic nitrogens is 4. The summed E-state index contributed by atoms with van der Waals surface area (Å²) in [7, 11) is 1.72. The number of nitrogens with two attached hydrogens (primary N) is 1. The van der Waals surface area contributed by atoms with Crippen molar-refractivity contribution in [3.05, 3.63) is 46.6 Å². The van der Waals surface area contributed by atoms with Crippen LogP contribution in [-0.4, -0.2) is 31.8 Å². The summed E-state index contributed by atoms with van der Waals surface area (Å²) in [6, 6.07) is 5.58. The van der Waals surface area contributed by atoms with E-state index in [2.05, 4.69) is 10.1 Å². The molecular weight excluding hydrogens is 320 g/mol. The Labute approximate surface area is 143 Å². The maximum Gasteiger partial charge on any atom is 0.264 e. The zero-order chi connectivity index (χ0) is 17.6. The van der Waals surface area contributed by atoms with Crippen LogP contribution in [0.4, 0.5) is 11.4 Å². The van der Waals surface area contributed by atoms with Gasteiger partial charge in [-0.2, -0.15) is 5.10 Å². The number of anilines is 2. The molecular formula is C17H18N6O2. The van der Waals surface area contributed by atoms with E-state index in [4.69, 9.17) is 5.73 Å². The summed E-state index contributed by atoms with van der Waals surface area (Å²) in [5.41, 5.74) is 8.80. The third-order valence-electron chi connectivity index (χ3n) is 4.61. The fourth-order valence-electron chi connectivity index (χ4n) is 3.32. The van der Waals surface area contributed by atoms with Crippen molar-refractivity contribution in [1.29, 1.82) is 0 Å². The normalized spacial score (nSPS) is 13.9. The van der Waals surface area contributed by atoms with Crippen molar-refractivity contribution in [2.24, 2.45) is 7.05 Å². The Morgan fingerprint density at radius 3 is 3.04 bits per heavy atom. The third-order valence-corrected chi connectivity index (χ3v) is 4.61. The van der Waals surface area contributed by atoms with Crippen LogP contribution >= 0.6 is 0 Å². The van der Waals surface area contributed by atoms with E-state index in [0.29, 0.717) is 23.3 Å². The Kier molecular flexibility index (Phi) is 3.52. The first-order chi connectivity index (χ1) is 12.1. The monoisotopic (exact) mass is 338 g/mol. The lowest BCUT2D eigenvalue weighted by molar-refractivity contribution is -0.119. The Bertz CT molecular complexity index is 1040. The molecule has 1 aliphatic rings. The van der Waals surface area contributed by atoms with Gasteiger partial charge in [-0.15, -0.1) is 0 Å². The van der Waals surface area contributed by atoms with Crippen LogP contribution in [0.2, 0.25) is 0 Å². The third kappa shape index (κ3) is 2.46. The first-order valence-corrected chi connectivity index (χ1v) is 8.11. The highest BCUT2D eigenvalue weighted by Crippen LogP contribution is 2.31. The van der Waals surface area contributed by atoms with Gasteiger partial charge in [-0.05, 0) is 30.5 Å². The number of benzene rings is 1. The minimum atomic E-state index is -0.267. The summed E-state index contributed by atoms with van der Waals surface area (Å²) in [4.78, 5) is 31.3. The van der Waals surface area contributed by atoms with E-state index < -0.39 is 0 Å². The average Bonchev–Trinajstić information content (AvgIpc) is 2.99. The van der Waals surface area contributed by atoms with Crippen LogP contribution in [0.1, 0.15) is 12.0 Å². The molecule has 1 amide bonds. The van der Waals surface area contributed by atoms with Gasteiger partial charge in [0.25, 0.3) is 5.56 Å². The summed E-state index contributed by atoms with van der Waals surface area (Å²) in [6.07, 6.45) is 4.58. The fraction of sp³-hybridized carbons (Fsp3) is 0.294. The highest BCUT2D eigenvalue weighted by molar-refractivity contribution is 5.95. The van der Waals surface area contributed by atoms with Gasteiger partial charge in [0, 0.05) is 25.0 Å². The maximum absolute atomic E-state index is 12.8. The second-order valence-electron chi connectivity index (χ2n) is 6.18. The Hall–Kier alpha value is -3.16. The van der Waals surface area contributed by atoms with Gasteiger partial charge in [0.1, 0.15) is 18.3 Å². The van der Waals surface area contributed by atoms with E-state index in [1.165, 1.54) is 21.8 Å². The van der Waals surface area contributed by atoms with Crippen molar-refractivity contribution in [2.45, 2.75) is 19.4 Å². The molecule has 8 nitrogen and oxygen atoms in total. The molecule has 1 aromatic carbocycles. The second kappa shape index (κ2) is 5.73.